The quantitative estimate of drug-likeness (QED) is 0.723. The molecule has 1 saturated heterocycles. The number of nitrogens with zero attached hydrogens (tertiary/aromatic N) is 5. The highest BCUT2D eigenvalue weighted by Gasteiger charge is 2.34. The van der Waals surface area contributed by atoms with Gasteiger partial charge in [-0.3, -0.25) is 4.79 Å². The fourth-order valence-electron chi connectivity index (χ4n) is 3.44. The SMILES string of the molecule is O=C(c1ccccc1)N1CCC(CNc2cc(C(F)(F)F)nc3ncnn23)CC1. The van der Waals surface area contributed by atoms with E-state index in [0.29, 0.717) is 25.2 Å². The molecule has 1 aliphatic heterocycles. The number of likely N-dealkylation sites (tertiary alicyclic amines) is 1. The molecule has 0 radical (unpaired) electrons. The Morgan fingerprint density at radius 2 is 1.90 bits per heavy atom. The largest absolute Gasteiger partial charge is 0.433 e. The molecule has 0 saturated carbocycles. The number of carbonyl (C=O) groups excluding carboxylic acids is 1. The molecule has 10 heteroatoms. The molecule has 1 fully saturated rings. The molecule has 1 amide bonds. The maximum absolute atomic E-state index is 13.1. The van der Waals surface area contributed by atoms with Crippen molar-refractivity contribution in [2.75, 3.05) is 25.0 Å². The van der Waals surface area contributed by atoms with Crippen LogP contribution in [0, 0.1) is 5.92 Å². The lowest BCUT2D eigenvalue weighted by atomic mass is 9.96. The number of benzene rings is 1. The average Bonchev–Trinajstić information content (AvgIpc) is 3.21. The zero-order chi connectivity index (χ0) is 20.4. The molecule has 1 aromatic carbocycles. The zero-order valence-corrected chi connectivity index (χ0v) is 15.4. The van der Waals surface area contributed by atoms with Gasteiger partial charge in [0.15, 0.2) is 5.69 Å². The number of carbonyl (C=O) groups is 1. The van der Waals surface area contributed by atoms with Gasteiger partial charge in [-0.15, -0.1) is 0 Å². The molecule has 2 aromatic heterocycles. The second-order valence-corrected chi connectivity index (χ2v) is 6.98. The van der Waals surface area contributed by atoms with Gasteiger partial charge in [0.25, 0.3) is 11.7 Å². The highest BCUT2D eigenvalue weighted by Crippen LogP contribution is 2.30. The van der Waals surface area contributed by atoms with Crippen LogP contribution in [-0.4, -0.2) is 50.0 Å². The maximum Gasteiger partial charge on any atom is 0.433 e. The van der Waals surface area contributed by atoms with Crippen LogP contribution in [-0.2, 0) is 6.18 Å². The van der Waals surface area contributed by atoms with E-state index in [1.165, 1.54) is 10.8 Å². The van der Waals surface area contributed by atoms with E-state index >= 15 is 0 Å². The van der Waals surface area contributed by atoms with Crippen LogP contribution in [0.4, 0.5) is 19.0 Å². The molecule has 152 valence electrons. The monoisotopic (exact) mass is 404 g/mol. The van der Waals surface area contributed by atoms with Crippen LogP contribution < -0.4 is 5.32 Å². The minimum Gasteiger partial charge on any atom is -0.370 e. The first-order chi connectivity index (χ1) is 13.9. The molecular formula is C19H19F3N6O. The first kappa shape index (κ1) is 19.2. The Morgan fingerprint density at radius 1 is 1.17 bits per heavy atom. The molecule has 3 heterocycles. The lowest BCUT2D eigenvalue weighted by Crippen LogP contribution is -2.40. The predicted octanol–water partition coefficient (Wildman–Crippen LogP) is 3.11. The van der Waals surface area contributed by atoms with Gasteiger partial charge in [0.05, 0.1) is 0 Å². The Hall–Kier alpha value is -3.17. The van der Waals surface area contributed by atoms with Crippen molar-refractivity contribution < 1.29 is 18.0 Å². The number of alkyl halides is 3. The lowest BCUT2D eigenvalue weighted by molar-refractivity contribution is -0.141. The number of piperidine rings is 1. The molecular weight excluding hydrogens is 385 g/mol. The molecule has 4 rings (SSSR count). The zero-order valence-electron chi connectivity index (χ0n) is 15.4. The van der Waals surface area contributed by atoms with E-state index < -0.39 is 11.9 Å². The van der Waals surface area contributed by atoms with Gasteiger partial charge in [-0.2, -0.15) is 27.8 Å². The van der Waals surface area contributed by atoms with E-state index in [-0.39, 0.29) is 23.4 Å². The summed E-state index contributed by atoms with van der Waals surface area (Å²) >= 11 is 0. The van der Waals surface area contributed by atoms with Crippen molar-refractivity contribution in [3.8, 4) is 0 Å². The number of hydrogen-bond acceptors (Lipinski definition) is 5. The number of fused-ring (bicyclic) bond motifs is 1. The van der Waals surface area contributed by atoms with Crippen molar-refractivity contribution >= 4 is 17.5 Å². The van der Waals surface area contributed by atoms with E-state index in [9.17, 15) is 18.0 Å². The highest BCUT2D eigenvalue weighted by molar-refractivity contribution is 5.94. The minimum absolute atomic E-state index is 0.00489. The first-order valence-corrected chi connectivity index (χ1v) is 9.28. The van der Waals surface area contributed by atoms with Crippen LogP contribution in [0.15, 0.2) is 42.7 Å². The Labute approximate surface area is 164 Å². The van der Waals surface area contributed by atoms with Crippen LogP contribution in [0.3, 0.4) is 0 Å². The van der Waals surface area contributed by atoms with Gasteiger partial charge in [0.2, 0.25) is 0 Å². The van der Waals surface area contributed by atoms with Crippen LogP contribution in [0.25, 0.3) is 5.78 Å². The maximum atomic E-state index is 13.1. The third-order valence-electron chi connectivity index (χ3n) is 5.04. The van der Waals surface area contributed by atoms with Crippen LogP contribution in [0.5, 0.6) is 0 Å². The average molecular weight is 404 g/mol. The topological polar surface area (TPSA) is 75.4 Å². The second-order valence-electron chi connectivity index (χ2n) is 6.98. The number of hydrogen-bond donors (Lipinski definition) is 1. The number of anilines is 1. The van der Waals surface area contributed by atoms with Crippen molar-refractivity contribution in [2.45, 2.75) is 19.0 Å². The van der Waals surface area contributed by atoms with Crippen LogP contribution >= 0.6 is 0 Å². The molecule has 0 atom stereocenters. The molecule has 0 aliphatic carbocycles. The van der Waals surface area contributed by atoms with Gasteiger partial charge in [-0.1, -0.05) is 18.2 Å². The van der Waals surface area contributed by atoms with E-state index in [1.807, 2.05) is 23.1 Å². The predicted molar refractivity (Wildman–Crippen MR) is 99.3 cm³/mol. The number of amides is 1. The molecule has 0 spiro atoms. The molecule has 1 aliphatic rings. The third-order valence-corrected chi connectivity index (χ3v) is 5.04. The van der Waals surface area contributed by atoms with Crippen molar-refractivity contribution in [3.05, 3.63) is 54.0 Å². The van der Waals surface area contributed by atoms with Gasteiger partial charge < -0.3 is 10.2 Å². The van der Waals surface area contributed by atoms with Gasteiger partial charge in [0.1, 0.15) is 12.1 Å². The van der Waals surface area contributed by atoms with Gasteiger partial charge in [-0.05, 0) is 30.9 Å². The highest BCUT2D eigenvalue weighted by atomic mass is 19.4. The summed E-state index contributed by atoms with van der Waals surface area (Å²) in [6, 6.07) is 10.1. The summed E-state index contributed by atoms with van der Waals surface area (Å²) in [4.78, 5) is 21.6. The van der Waals surface area contributed by atoms with Crippen molar-refractivity contribution in [1.29, 1.82) is 0 Å². The van der Waals surface area contributed by atoms with Crippen molar-refractivity contribution in [1.82, 2.24) is 24.5 Å². The molecule has 7 nitrogen and oxygen atoms in total. The number of nitrogens with one attached hydrogen (secondary N) is 1. The number of halogens is 3. The number of aromatic nitrogens is 4. The summed E-state index contributed by atoms with van der Waals surface area (Å²) < 4.78 is 40.5. The third kappa shape index (κ3) is 4.15. The summed E-state index contributed by atoms with van der Waals surface area (Å²) in [5.41, 5.74) is -0.349. The Morgan fingerprint density at radius 3 is 2.59 bits per heavy atom. The second kappa shape index (κ2) is 7.69. The van der Waals surface area contributed by atoms with E-state index in [2.05, 4.69) is 20.4 Å². The van der Waals surface area contributed by atoms with Gasteiger partial charge in [-0.25, -0.2) is 4.98 Å². The minimum atomic E-state index is -4.56. The summed E-state index contributed by atoms with van der Waals surface area (Å²) in [6.07, 6.45) is -1.86. The molecule has 1 N–H and O–H groups in total. The molecule has 0 bridgehead atoms. The van der Waals surface area contributed by atoms with E-state index in [4.69, 9.17) is 0 Å². The van der Waals surface area contributed by atoms with Gasteiger partial charge >= 0.3 is 6.18 Å². The number of rotatable bonds is 4. The standard InChI is InChI=1S/C19H19F3N6O/c20-19(21,22)15-10-16(28-18(26-15)24-12-25-28)23-11-13-6-8-27(9-7-13)17(29)14-4-2-1-3-5-14/h1-5,10,12-13,23H,6-9,11H2. The van der Waals surface area contributed by atoms with E-state index in [0.717, 1.165) is 18.9 Å². The van der Waals surface area contributed by atoms with Crippen LogP contribution in [0.2, 0.25) is 0 Å². The summed E-state index contributed by atoms with van der Waals surface area (Å²) in [5.74, 6) is 0.328. The fourth-order valence-corrected chi connectivity index (χ4v) is 3.44. The molecule has 0 unspecified atom stereocenters. The fraction of sp³-hybridized carbons (Fsp3) is 0.368. The Balaban J connectivity index is 1.38. The van der Waals surface area contributed by atoms with E-state index in [1.54, 1.807) is 12.1 Å². The Kier molecular flexibility index (Phi) is 5.08. The molecule has 3 aromatic rings. The van der Waals surface area contributed by atoms with Crippen molar-refractivity contribution in [2.24, 2.45) is 5.92 Å². The van der Waals surface area contributed by atoms with Crippen molar-refractivity contribution in [3.63, 3.8) is 0 Å². The first-order valence-electron chi connectivity index (χ1n) is 9.28. The smallest absolute Gasteiger partial charge is 0.370 e. The lowest BCUT2D eigenvalue weighted by Gasteiger charge is -2.32. The Bertz CT molecular complexity index is 996. The van der Waals surface area contributed by atoms with Crippen LogP contribution in [0.1, 0.15) is 28.9 Å². The summed E-state index contributed by atoms with van der Waals surface area (Å²) in [7, 11) is 0. The summed E-state index contributed by atoms with van der Waals surface area (Å²) in [5, 5.41) is 6.98. The van der Waals surface area contributed by atoms with Gasteiger partial charge in [0, 0.05) is 31.3 Å². The molecule has 29 heavy (non-hydrogen) atoms. The summed E-state index contributed by atoms with van der Waals surface area (Å²) in [6.45, 7) is 1.70. The normalized spacial score (nSPS) is 15.6.